The number of thiophene rings is 1. The molecule has 0 saturated carbocycles. The highest BCUT2D eigenvalue weighted by atomic mass is 32.1. The lowest BCUT2D eigenvalue weighted by Crippen LogP contribution is -2.06. The minimum Gasteiger partial charge on any atom is -0.149 e. The van der Waals surface area contributed by atoms with Crippen molar-refractivity contribution in [2.45, 2.75) is 39.0 Å². The van der Waals surface area contributed by atoms with E-state index >= 15 is 0 Å². The fourth-order valence-corrected chi connectivity index (χ4v) is 4.97. The van der Waals surface area contributed by atoms with Crippen molar-refractivity contribution < 1.29 is 0 Å². The van der Waals surface area contributed by atoms with Crippen LogP contribution in [-0.2, 0) is 19.3 Å². The highest BCUT2D eigenvalue weighted by molar-refractivity contribution is 7.10. The van der Waals surface area contributed by atoms with E-state index in [1.807, 2.05) is 11.3 Å². The van der Waals surface area contributed by atoms with Gasteiger partial charge in [-0.05, 0) is 66.8 Å². The monoisotopic (exact) mass is 318 g/mol. The number of aryl methyl sites for hydroxylation is 4. The summed E-state index contributed by atoms with van der Waals surface area (Å²) in [6, 6.07) is 18.4. The first-order valence-corrected chi connectivity index (χ1v) is 9.30. The van der Waals surface area contributed by atoms with E-state index in [2.05, 4.69) is 67.8 Å². The van der Waals surface area contributed by atoms with Crippen molar-refractivity contribution in [3.63, 3.8) is 0 Å². The van der Waals surface area contributed by atoms with Crippen molar-refractivity contribution >= 4 is 11.3 Å². The van der Waals surface area contributed by atoms with Crippen LogP contribution in [0, 0.1) is 13.8 Å². The van der Waals surface area contributed by atoms with E-state index in [0.717, 1.165) is 6.42 Å². The Morgan fingerprint density at radius 1 is 0.913 bits per heavy atom. The molecule has 0 radical (unpaired) electrons. The molecule has 1 heterocycles. The molecule has 116 valence electrons. The molecule has 0 fully saturated rings. The molecule has 4 rings (SSSR count). The minimum atomic E-state index is 0.496. The van der Waals surface area contributed by atoms with Crippen LogP contribution in [0.15, 0.2) is 53.9 Å². The third kappa shape index (κ3) is 2.86. The van der Waals surface area contributed by atoms with Crippen LogP contribution < -0.4 is 0 Å². The van der Waals surface area contributed by atoms with Gasteiger partial charge < -0.3 is 0 Å². The zero-order valence-corrected chi connectivity index (χ0v) is 14.6. The third-order valence-corrected chi connectivity index (χ3v) is 5.93. The van der Waals surface area contributed by atoms with Gasteiger partial charge in [-0.3, -0.25) is 0 Å². The Hall–Kier alpha value is -1.86. The quantitative estimate of drug-likeness (QED) is 0.557. The van der Waals surface area contributed by atoms with Gasteiger partial charge in [0.1, 0.15) is 0 Å². The zero-order chi connectivity index (χ0) is 15.8. The fraction of sp³-hybridized carbons (Fsp3) is 0.273. The van der Waals surface area contributed by atoms with Crippen LogP contribution >= 0.6 is 11.3 Å². The molecular formula is C22H22S. The van der Waals surface area contributed by atoms with Gasteiger partial charge in [0.2, 0.25) is 0 Å². The summed E-state index contributed by atoms with van der Waals surface area (Å²) >= 11 is 1.93. The van der Waals surface area contributed by atoms with Crippen molar-refractivity contribution in [1.82, 2.24) is 0 Å². The Morgan fingerprint density at radius 2 is 1.70 bits per heavy atom. The topological polar surface area (TPSA) is 0 Å². The normalized spacial score (nSPS) is 16.5. The molecule has 23 heavy (non-hydrogen) atoms. The maximum atomic E-state index is 2.36. The lowest BCUT2D eigenvalue weighted by molar-refractivity contribution is 0.802. The van der Waals surface area contributed by atoms with E-state index in [4.69, 9.17) is 0 Å². The summed E-state index contributed by atoms with van der Waals surface area (Å²) in [5, 5.41) is 2.27. The Morgan fingerprint density at radius 3 is 2.52 bits per heavy atom. The number of rotatable bonds is 2. The van der Waals surface area contributed by atoms with Gasteiger partial charge in [0, 0.05) is 10.8 Å². The fourth-order valence-electron chi connectivity index (χ4n) is 4.02. The lowest BCUT2D eigenvalue weighted by atomic mass is 9.84. The van der Waals surface area contributed by atoms with E-state index < -0.39 is 0 Å². The number of benzene rings is 2. The van der Waals surface area contributed by atoms with Crippen LogP contribution in [0.3, 0.4) is 0 Å². The number of fused-ring (bicyclic) bond motifs is 2. The molecule has 1 aliphatic rings. The molecule has 0 nitrogen and oxygen atoms in total. The third-order valence-electron chi connectivity index (χ3n) is 4.93. The molecule has 0 amide bonds. The Bertz CT molecular complexity index is 820. The number of hydrogen-bond acceptors (Lipinski definition) is 1. The number of hydrogen-bond donors (Lipinski definition) is 0. The molecule has 3 aromatic rings. The molecule has 1 heteroatoms. The summed E-state index contributed by atoms with van der Waals surface area (Å²) in [5.41, 5.74) is 8.81. The van der Waals surface area contributed by atoms with Gasteiger partial charge >= 0.3 is 0 Å². The van der Waals surface area contributed by atoms with Crippen molar-refractivity contribution in [3.05, 3.63) is 92.2 Å². The Labute approximate surface area is 142 Å². The first-order chi connectivity index (χ1) is 11.2. The summed E-state index contributed by atoms with van der Waals surface area (Å²) in [6.45, 7) is 4.40. The summed E-state index contributed by atoms with van der Waals surface area (Å²) in [7, 11) is 0. The van der Waals surface area contributed by atoms with Gasteiger partial charge in [0.05, 0.1) is 0 Å². The van der Waals surface area contributed by atoms with Crippen LogP contribution in [0.25, 0.3) is 0 Å². The molecular weight excluding hydrogens is 296 g/mol. The predicted molar refractivity (Wildman–Crippen MR) is 99.6 cm³/mol. The smallest absolute Gasteiger partial charge is 0.0143 e. The van der Waals surface area contributed by atoms with E-state index in [1.54, 1.807) is 10.4 Å². The first kappa shape index (κ1) is 14.7. The standard InChI is InChI=1S/C22H22S/c1-15-11-16(2)13-17(12-15)14-21-19-6-4-3-5-18(19)7-8-22-20(21)9-10-23-22/h3-6,9-13,21H,7-8,14H2,1-2H3/t21-/m0/s1. The lowest BCUT2D eigenvalue weighted by Gasteiger charge is -2.19. The van der Waals surface area contributed by atoms with Crippen LogP contribution in [-0.4, -0.2) is 0 Å². The summed E-state index contributed by atoms with van der Waals surface area (Å²) in [6.07, 6.45) is 3.46. The van der Waals surface area contributed by atoms with Gasteiger partial charge in [0.15, 0.2) is 0 Å². The summed E-state index contributed by atoms with van der Waals surface area (Å²) in [4.78, 5) is 1.58. The molecule has 0 N–H and O–H groups in total. The van der Waals surface area contributed by atoms with Gasteiger partial charge in [-0.2, -0.15) is 0 Å². The van der Waals surface area contributed by atoms with E-state index in [-0.39, 0.29) is 0 Å². The molecule has 0 unspecified atom stereocenters. The van der Waals surface area contributed by atoms with E-state index in [9.17, 15) is 0 Å². The molecule has 0 aliphatic heterocycles. The highest BCUT2D eigenvalue weighted by Gasteiger charge is 2.24. The van der Waals surface area contributed by atoms with Crippen molar-refractivity contribution in [1.29, 1.82) is 0 Å². The van der Waals surface area contributed by atoms with Gasteiger partial charge in [-0.15, -0.1) is 11.3 Å². The first-order valence-electron chi connectivity index (χ1n) is 8.42. The molecule has 0 saturated heterocycles. The Kier molecular flexibility index (Phi) is 3.82. The molecule has 1 aromatic heterocycles. The predicted octanol–water partition coefficient (Wildman–Crippen LogP) is 5.84. The SMILES string of the molecule is Cc1cc(C)cc(C[C@H]2c3ccccc3CCc3sccc32)c1. The van der Waals surface area contributed by atoms with Crippen LogP contribution in [0.2, 0.25) is 0 Å². The maximum absolute atomic E-state index is 2.36. The van der Waals surface area contributed by atoms with Gasteiger partial charge in [-0.1, -0.05) is 53.6 Å². The van der Waals surface area contributed by atoms with Gasteiger partial charge in [-0.25, -0.2) is 0 Å². The second-order valence-corrected chi connectivity index (χ2v) is 7.75. The average Bonchev–Trinajstić information content (AvgIpc) is 2.93. The maximum Gasteiger partial charge on any atom is 0.0143 e. The molecule has 1 atom stereocenters. The van der Waals surface area contributed by atoms with E-state index in [0.29, 0.717) is 5.92 Å². The molecule has 1 aliphatic carbocycles. The average molecular weight is 318 g/mol. The zero-order valence-electron chi connectivity index (χ0n) is 13.8. The molecule has 0 spiro atoms. The second kappa shape index (κ2) is 5.98. The van der Waals surface area contributed by atoms with Crippen molar-refractivity contribution in [2.75, 3.05) is 0 Å². The van der Waals surface area contributed by atoms with Crippen LogP contribution in [0.5, 0.6) is 0 Å². The summed E-state index contributed by atoms with van der Waals surface area (Å²) in [5.74, 6) is 0.496. The van der Waals surface area contributed by atoms with Crippen molar-refractivity contribution in [3.8, 4) is 0 Å². The summed E-state index contributed by atoms with van der Waals surface area (Å²) < 4.78 is 0. The highest BCUT2D eigenvalue weighted by Crippen LogP contribution is 2.38. The molecule has 2 aromatic carbocycles. The minimum absolute atomic E-state index is 0.496. The second-order valence-electron chi connectivity index (χ2n) is 6.75. The van der Waals surface area contributed by atoms with Gasteiger partial charge in [0.25, 0.3) is 0 Å². The van der Waals surface area contributed by atoms with Crippen LogP contribution in [0.1, 0.15) is 44.2 Å². The largest absolute Gasteiger partial charge is 0.149 e. The van der Waals surface area contributed by atoms with Crippen molar-refractivity contribution in [2.24, 2.45) is 0 Å². The van der Waals surface area contributed by atoms with Crippen LogP contribution in [0.4, 0.5) is 0 Å². The molecule has 0 bridgehead atoms. The van der Waals surface area contributed by atoms with E-state index in [1.165, 1.54) is 40.7 Å². The Balaban J connectivity index is 1.81.